The molecule has 12 heavy (non-hydrogen) atoms. The molecule has 0 atom stereocenters. The SMILES string of the molecule is O=[N+]([O-])c1[nH]ncc1S(=O)(=O)Cl. The lowest BCUT2D eigenvalue weighted by atomic mass is 10.6. The first-order valence-corrected chi connectivity index (χ1v) is 4.86. The maximum absolute atomic E-state index is 10.6. The molecule has 0 aliphatic heterocycles. The fourth-order valence-corrected chi connectivity index (χ4v) is 1.45. The molecule has 0 radical (unpaired) electrons. The Morgan fingerprint density at radius 2 is 2.25 bits per heavy atom. The van der Waals surface area contributed by atoms with E-state index in [9.17, 15) is 18.5 Å². The number of H-pyrrole nitrogens is 1. The lowest BCUT2D eigenvalue weighted by Gasteiger charge is -1.91. The standard InChI is InChI=1S/C3H2ClN3O4S/c4-12(10,11)2-1-5-6-3(2)7(8)9/h1H,(H,5,6). The molecule has 0 amide bonds. The zero-order chi connectivity index (χ0) is 9.35. The Balaban J connectivity index is 3.36. The van der Waals surface area contributed by atoms with Gasteiger partial charge in [-0.3, -0.25) is 0 Å². The van der Waals surface area contributed by atoms with Crippen molar-refractivity contribution in [2.24, 2.45) is 0 Å². The monoisotopic (exact) mass is 211 g/mol. The summed E-state index contributed by atoms with van der Waals surface area (Å²) in [7, 11) is 0.759. The zero-order valence-electron chi connectivity index (χ0n) is 5.39. The van der Waals surface area contributed by atoms with E-state index in [0.717, 1.165) is 6.20 Å². The van der Waals surface area contributed by atoms with Gasteiger partial charge in [-0.25, -0.2) is 8.42 Å². The number of hydrogen-bond acceptors (Lipinski definition) is 5. The summed E-state index contributed by atoms with van der Waals surface area (Å²) in [5.74, 6) is -0.731. The molecule has 0 saturated carbocycles. The molecule has 0 fully saturated rings. The smallest absolute Gasteiger partial charge is 0.358 e. The lowest BCUT2D eigenvalue weighted by molar-refractivity contribution is -0.392. The third-order valence-corrected chi connectivity index (χ3v) is 2.35. The molecule has 1 heterocycles. The van der Waals surface area contributed by atoms with Crippen molar-refractivity contribution in [1.29, 1.82) is 0 Å². The Morgan fingerprint density at radius 1 is 1.67 bits per heavy atom. The topological polar surface area (TPSA) is 106 Å². The summed E-state index contributed by atoms with van der Waals surface area (Å²) >= 11 is 0. The first-order chi connectivity index (χ1) is 5.43. The highest BCUT2D eigenvalue weighted by Gasteiger charge is 2.25. The van der Waals surface area contributed by atoms with E-state index in [1.807, 2.05) is 5.10 Å². The molecule has 0 aliphatic rings. The normalized spacial score (nSPS) is 11.4. The molecule has 66 valence electrons. The molecule has 1 rings (SSSR count). The van der Waals surface area contributed by atoms with Gasteiger partial charge in [-0.05, 0) is 4.92 Å². The van der Waals surface area contributed by atoms with Crippen LogP contribution in [0.4, 0.5) is 5.82 Å². The third kappa shape index (κ3) is 1.53. The second-order valence-corrected chi connectivity index (χ2v) is 4.31. The molecule has 7 nitrogen and oxygen atoms in total. The highest BCUT2D eigenvalue weighted by atomic mass is 35.7. The van der Waals surface area contributed by atoms with E-state index in [0.29, 0.717) is 0 Å². The van der Waals surface area contributed by atoms with Gasteiger partial charge in [0.25, 0.3) is 9.05 Å². The van der Waals surface area contributed by atoms with Crippen molar-refractivity contribution >= 4 is 25.6 Å². The fraction of sp³-hybridized carbons (Fsp3) is 0. The first-order valence-electron chi connectivity index (χ1n) is 2.55. The number of halogens is 1. The molecule has 0 bridgehead atoms. The molecular formula is C3H2ClN3O4S. The zero-order valence-corrected chi connectivity index (χ0v) is 6.96. The first kappa shape index (κ1) is 8.94. The van der Waals surface area contributed by atoms with Crippen molar-refractivity contribution in [3.63, 3.8) is 0 Å². The van der Waals surface area contributed by atoms with Crippen molar-refractivity contribution in [2.75, 3.05) is 0 Å². The number of rotatable bonds is 2. The van der Waals surface area contributed by atoms with E-state index in [2.05, 4.69) is 5.10 Å². The van der Waals surface area contributed by atoms with E-state index in [-0.39, 0.29) is 0 Å². The Hall–Kier alpha value is -1.15. The number of aromatic nitrogens is 2. The second-order valence-electron chi connectivity index (χ2n) is 1.78. The predicted octanol–water partition coefficient (Wildman–Crippen LogP) is 0.245. The van der Waals surface area contributed by atoms with Crippen LogP contribution in [0.15, 0.2) is 11.1 Å². The van der Waals surface area contributed by atoms with Crippen LogP contribution < -0.4 is 0 Å². The van der Waals surface area contributed by atoms with Crippen LogP contribution >= 0.6 is 10.7 Å². The van der Waals surface area contributed by atoms with Crippen LogP contribution in [0.1, 0.15) is 0 Å². The summed E-state index contributed by atoms with van der Waals surface area (Å²) in [6, 6.07) is 0. The van der Waals surface area contributed by atoms with Gasteiger partial charge < -0.3 is 10.1 Å². The molecule has 0 saturated heterocycles. The average molecular weight is 212 g/mol. The van der Waals surface area contributed by atoms with Gasteiger partial charge in [-0.15, -0.1) is 5.10 Å². The largest absolute Gasteiger partial charge is 0.362 e. The molecule has 0 unspecified atom stereocenters. The predicted molar refractivity (Wildman–Crippen MR) is 38.3 cm³/mol. The summed E-state index contributed by atoms with van der Waals surface area (Å²) in [5, 5.41) is 15.2. The molecule has 1 aromatic rings. The van der Waals surface area contributed by atoms with Crippen LogP contribution in [0.25, 0.3) is 0 Å². The number of hydrogen-bond donors (Lipinski definition) is 1. The Bertz CT molecular complexity index is 409. The third-order valence-electron chi connectivity index (χ3n) is 1.03. The number of nitro groups is 1. The second kappa shape index (κ2) is 2.72. The van der Waals surface area contributed by atoms with Gasteiger partial charge in [0.05, 0.1) is 6.20 Å². The summed E-state index contributed by atoms with van der Waals surface area (Å²) in [5.41, 5.74) is 0. The highest BCUT2D eigenvalue weighted by Crippen LogP contribution is 2.22. The lowest BCUT2D eigenvalue weighted by Crippen LogP contribution is -1.96. The molecule has 0 aliphatic carbocycles. The van der Waals surface area contributed by atoms with Gasteiger partial charge in [0.1, 0.15) is 0 Å². The van der Waals surface area contributed by atoms with Crippen LogP contribution in [0.5, 0.6) is 0 Å². The van der Waals surface area contributed by atoms with E-state index >= 15 is 0 Å². The molecule has 0 spiro atoms. The van der Waals surface area contributed by atoms with Crippen LogP contribution in [-0.2, 0) is 9.05 Å². The van der Waals surface area contributed by atoms with Crippen LogP contribution in [0.2, 0.25) is 0 Å². The Morgan fingerprint density at radius 3 is 2.58 bits per heavy atom. The van der Waals surface area contributed by atoms with Gasteiger partial charge in [-0.1, -0.05) is 5.10 Å². The number of aromatic amines is 1. The summed E-state index contributed by atoms with van der Waals surface area (Å²) in [4.78, 5) is 8.60. The van der Waals surface area contributed by atoms with Gasteiger partial charge in [0, 0.05) is 10.7 Å². The maximum Gasteiger partial charge on any atom is 0.362 e. The summed E-state index contributed by atoms with van der Waals surface area (Å²) in [6.45, 7) is 0. The summed E-state index contributed by atoms with van der Waals surface area (Å²) in [6.07, 6.45) is 0.778. The van der Waals surface area contributed by atoms with Crippen molar-refractivity contribution in [1.82, 2.24) is 10.2 Å². The Kier molecular flexibility index (Phi) is 2.02. The van der Waals surface area contributed by atoms with Crippen molar-refractivity contribution in [3.8, 4) is 0 Å². The van der Waals surface area contributed by atoms with Crippen LogP contribution in [0.3, 0.4) is 0 Å². The van der Waals surface area contributed by atoms with Gasteiger partial charge in [0.15, 0.2) is 4.90 Å². The van der Waals surface area contributed by atoms with Crippen LogP contribution in [-0.4, -0.2) is 23.5 Å². The van der Waals surface area contributed by atoms with E-state index < -0.39 is 24.7 Å². The molecule has 0 aromatic carbocycles. The fourth-order valence-electron chi connectivity index (χ4n) is 0.578. The Labute approximate surface area is 70.9 Å². The minimum absolute atomic E-state index is 0.630. The highest BCUT2D eigenvalue weighted by molar-refractivity contribution is 8.13. The summed E-state index contributed by atoms with van der Waals surface area (Å²) < 4.78 is 21.2. The van der Waals surface area contributed by atoms with Crippen LogP contribution in [0, 0.1) is 10.1 Å². The van der Waals surface area contributed by atoms with Crippen molar-refractivity contribution in [2.45, 2.75) is 4.90 Å². The molecule has 9 heteroatoms. The maximum atomic E-state index is 10.6. The number of nitrogens with zero attached hydrogens (tertiary/aromatic N) is 2. The van der Waals surface area contributed by atoms with E-state index in [4.69, 9.17) is 10.7 Å². The number of nitrogens with one attached hydrogen (secondary N) is 1. The van der Waals surface area contributed by atoms with Gasteiger partial charge in [0.2, 0.25) is 0 Å². The van der Waals surface area contributed by atoms with Crippen molar-refractivity contribution < 1.29 is 13.3 Å². The minimum Gasteiger partial charge on any atom is -0.358 e. The average Bonchev–Trinajstić information content (AvgIpc) is 2.30. The molecular weight excluding hydrogens is 210 g/mol. The quantitative estimate of drug-likeness (QED) is 0.429. The van der Waals surface area contributed by atoms with E-state index in [1.54, 1.807) is 0 Å². The van der Waals surface area contributed by atoms with Gasteiger partial charge >= 0.3 is 5.82 Å². The molecule has 1 aromatic heterocycles. The minimum atomic E-state index is -4.10. The van der Waals surface area contributed by atoms with E-state index in [1.165, 1.54) is 0 Å². The molecule has 1 N–H and O–H groups in total. The van der Waals surface area contributed by atoms with Crippen molar-refractivity contribution in [3.05, 3.63) is 16.3 Å². The van der Waals surface area contributed by atoms with Gasteiger partial charge in [-0.2, -0.15) is 0 Å².